The summed E-state index contributed by atoms with van der Waals surface area (Å²) < 4.78 is 47.1. The van der Waals surface area contributed by atoms with Gasteiger partial charge >= 0.3 is 5.69 Å². The Balaban J connectivity index is 1.91. The van der Waals surface area contributed by atoms with Crippen LogP contribution in [0.1, 0.15) is 32.6 Å². The number of piperazine rings is 1. The van der Waals surface area contributed by atoms with Gasteiger partial charge in [-0.1, -0.05) is 20.8 Å². The second-order valence-corrected chi connectivity index (χ2v) is 17.8. The third-order valence-corrected chi connectivity index (χ3v) is 13.6. The number of aromatic nitrogens is 2. The normalized spacial score (nSPS) is 30.7. The molecule has 1 aromatic rings. The number of hydrogen-bond donors (Lipinski definition) is 2. The Morgan fingerprint density at radius 1 is 1.24 bits per heavy atom. The van der Waals surface area contributed by atoms with Gasteiger partial charge in [0.1, 0.15) is 12.2 Å². The fourth-order valence-electron chi connectivity index (χ4n) is 4.88. The summed E-state index contributed by atoms with van der Waals surface area (Å²) in [6.45, 7) is 15.2. The van der Waals surface area contributed by atoms with Crippen molar-refractivity contribution in [1.29, 1.82) is 0 Å². The topological polar surface area (TPSA) is 147 Å². The van der Waals surface area contributed by atoms with Crippen LogP contribution < -0.4 is 22.3 Å². The molecular formula is C23H39N5O7SSi. The Morgan fingerprint density at radius 2 is 1.86 bits per heavy atom. The minimum absolute atomic E-state index is 0.0200. The predicted octanol–water partition coefficient (Wildman–Crippen LogP) is -0.0527. The van der Waals surface area contributed by atoms with Crippen molar-refractivity contribution < 1.29 is 21.8 Å². The Kier molecular flexibility index (Phi) is 7.19. The van der Waals surface area contributed by atoms with E-state index in [1.807, 2.05) is 13.1 Å². The quantitative estimate of drug-likeness (QED) is 0.373. The highest BCUT2D eigenvalue weighted by molar-refractivity contribution is 7.90. The Bertz CT molecular complexity index is 1310. The van der Waals surface area contributed by atoms with Gasteiger partial charge in [-0.15, -0.1) is 0 Å². The van der Waals surface area contributed by atoms with Gasteiger partial charge in [-0.05, 0) is 25.1 Å². The first kappa shape index (κ1) is 28.2. The van der Waals surface area contributed by atoms with Crippen molar-refractivity contribution in [3.8, 4) is 0 Å². The van der Waals surface area contributed by atoms with E-state index < -0.39 is 53.7 Å². The molecule has 37 heavy (non-hydrogen) atoms. The third-order valence-electron chi connectivity index (χ3n) is 8.06. The zero-order chi connectivity index (χ0) is 27.6. The standard InChI is InChI=1S/C23H39N5O7SSi/c1-15-12-28(21(30)26(5)19(15)29)20-18(34-37(6,7)22(2,3)4)23(16(24)14-36(31,32)35-23)17(33-20)13-27-10-8-25-9-11-27/h12,14,17-18,20,25H,8-11,13,24H2,1-7H3/t17?,18-,20+,23?/m0/s1. The Labute approximate surface area is 218 Å². The number of nitrogens with one attached hydrogen (secondary N) is 1. The molecule has 14 heteroatoms. The molecule has 4 atom stereocenters. The summed E-state index contributed by atoms with van der Waals surface area (Å²) in [4.78, 5) is 27.9. The van der Waals surface area contributed by atoms with Gasteiger partial charge < -0.3 is 20.2 Å². The molecule has 3 N–H and O–H groups in total. The zero-order valence-corrected chi connectivity index (χ0v) is 24.4. The molecule has 4 heterocycles. The molecule has 1 spiro atoms. The molecule has 0 saturated carbocycles. The van der Waals surface area contributed by atoms with Crippen molar-refractivity contribution in [2.24, 2.45) is 12.8 Å². The first-order chi connectivity index (χ1) is 17.0. The highest BCUT2D eigenvalue weighted by Crippen LogP contribution is 2.51. The van der Waals surface area contributed by atoms with Crippen molar-refractivity contribution in [2.45, 2.75) is 69.9 Å². The molecule has 3 aliphatic heterocycles. The summed E-state index contributed by atoms with van der Waals surface area (Å²) in [5.74, 6) is 0. The van der Waals surface area contributed by atoms with Crippen molar-refractivity contribution in [1.82, 2.24) is 19.4 Å². The lowest BCUT2D eigenvalue weighted by molar-refractivity contribution is -0.0512. The molecule has 1 aromatic heterocycles. The number of hydrogen-bond acceptors (Lipinski definition) is 10. The van der Waals surface area contributed by atoms with E-state index in [4.69, 9.17) is 19.1 Å². The smallest absolute Gasteiger partial charge is 0.332 e. The number of nitrogens with two attached hydrogens (primary N) is 1. The van der Waals surface area contributed by atoms with Gasteiger partial charge in [0.05, 0.1) is 11.1 Å². The van der Waals surface area contributed by atoms with Crippen LogP contribution in [0.25, 0.3) is 0 Å². The summed E-state index contributed by atoms with van der Waals surface area (Å²) >= 11 is 0. The van der Waals surface area contributed by atoms with E-state index in [9.17, 15) is 18.0 Å². The summed E-state index contributed by atoms with van der Waals surface area (Å²) in [5.41, 5.74) is 4.07. The number of aryl methyl sites for hydroxylation is 1. The van der Waals surface area contributed by atoms with Gasteiger partial charge in [-0.3, -0.25) is 18.8 Å². The fourth-order valence-corrected chi connectivity index (χ4v) is 7.39. The largest absolute Gasteiger partial charge is 0.406 e. The van der Waals surface area contributed by atoms with E-state index in [1.165, 1.54) is 17.8 Å². The molecular weight excluding hydrogens is 518 g/mol. The van der Waals surface area contributed by atoms with Gasteiger partial charge in [0.15, 0.2) is 20.1 Å². The predicted molar refractivity (Wildman–Crippen MR) is 141 cm³/mol. The van der Waals surface area contributed by atoms with Crippen LogP contribution in [0.4, 0.5) is 0 Å². The van der Waals surface area contributed by atoms with E-state index in [0.717, 1.165) is 36.2 Å². The Morgan fingerprint density at radius 3 is 2.41 bits per heavy atom. The summed E-state index contributed by atoms with van der Waals surface area (Å²) in [6, 6.07) is 0. The fraction of sp³-hybridized carbons (Fsp3) is 0.739. The summed E-state index contributed by atoms with van der Waals surface area (Å²) in [6.07, 6.45) is -1.57. The second-order valence-electron chi connectivity index (χ2n) is 11.7. The molecule has 2 unspecified atom stereocenters. The molecule has 0 radical (unpaired) electrons. The van der Waals surface area contributed by atoms with Crippen LogP contribution in [-0.2, 0) is 30.5 Å². The molecule has 2 fully saturated rings. The van der Waals surface area contributed by atoms with Gasteiger partial charge in [0.2, 0.25) is 0 Å². The molecule has 0 bridgehead atoms. The maximum atomic E-state index is 13.3. The van der Waals surface area contributed by atoms with Gasteiger partial charge in [-0.25, -0.2) is 8.98 Å². The summed E-state index contributed by atoms with van der Waals surface area (Å²) in [5, 5.41) is 3.96. The maximum absolute atomic E-state index is 13.3. The number of rotatable bonds is 5. The van der Waals surface area contributed by atoms with Crippen LogP contribution in [-0.4, -0.2) is 81.3 Å². The minimum Gasteiger partial charge on any atom is -0.406 e. The van der Waals surface area contributed by atoms with Gasteiger partial charge in [-0.2, -0.15) is 8.42 Å². The molecule has 12 nitrogen and oxygen atoms in total. The second kappa shape index (κ2) is 9.43. The van der Waals surface area contributed by atoms with Crippen LogP contribution in [0.2, 0.25) is 18.1 Å². The van der Waals surface area contributed by atoms with Crippen molar-refractivity contribution >= 4 is 18.4 Å². The van der Waals surface area contributed by atoms with E-state index in [1.54, 1.807) is 6.92 Å². The van der Waals surface area contributed by atoms with Gasteiger partial charge in [0, 0.05) is 51.5 Å². The average Bonchev–Trinajstić information content (AvgIpc) is 3.21. The monoisotopic (exact) mass is 557 g/mol. The minimum atomic E-state index is -4.13. The van der Waals surface area contributed by atoms with Crippen LogP contribution in [0, 0.1) is 6.92 Å². The van der Waals surface area contributed by atoms with Crippen molar-refractivity contribution in [2.75, 3.05) is 32.7 Å². The van der Waals surface area contributed by atoms with E-state index >= 15 is 0 Å². The third kappa shape index (κ3) is 4.88. The van der Waals surface area contributed by atoms with Gasteiger partial charge in [0.25, 0.3) is 15.7 Å². The molecule has 3 aliphatic rings. The molecule has 2 saturated heterocycles. The summed E-state index contributed by atoms with van der Waals surface area (Å²) in [7, 11) is -5.33. The number of nitrogens with zero attached hydrogens (tertiary/aromatic N) is 3. The Hall–Kier alpha value is -1.81. The maximum Gasteiger partial charge on any atom is 0.332 e. The lowest BCUT2D eigenvalue weighted by atomic mass is 9.88. The lowest BCUT2D eigenvalue weighted by Crippen LogP contribution is -2.60. The van der Waals surface area contributed by atoms with Crippen molar-refractivity contribution in [3.05, 3.63) is 43.7 Å². The lowest BCUT2D eigenvalue weighted by Gasteiger charge is -2.43. The van der Waals surface area contributed by atoms with E-state index in [0.29, 0.717) is 12.1 Å². The zero-order valence-electron chi connectivity index (χ0n) is 22.6. The molecule has 208 valence electrons. The average molecular weight is 558 g/mol. The van der Waals surface area contributed by atoms with Crippen LogP contribution >= 0.6 is 0 Å². The van der Waals surface area contributed by atoms with Crippen molar-refractivity contribution in [3.63, 3.8) is 0 Å². The molecule has 0 amide bonds. The number of ether oxygens (including phenoxy) is 1. The molecule has 4 rings (SSSR count). The molecule has 0 aromatic carbocycles. The van der Waals surface area contributed by atoms with E-state index in [2.05, 4.69) is 31.0 Å². The van der Waals surface area contributed by atoms with Crippen LogP contribution in [0.5, 0.6) is 0 Å². The van der Waals surface area contributed by atoms with E-state index in [-0.39, 0.29) is 10.7 Å². The SMILES string of the molecule is Cc1cn([C@@H]2OC(CN3CCNCC3)C3(OS(=O)(=O)C=C3N)[C@H]2O[Si](C)(C)C(C)(C)C)c(=O)n(C)c1=O. The highest BCUT2D eigenvalue weighted by Gasteiger charge is 2.67. The first-order valence-corrected chi connectivity index (χ1v) is 16.9. The highest BCUT2D eigenvalue weighted by atomic mass is 32.2. The van der Waals surface area contributed by atoms with Crippen LogP contribution in [0.15, 0.2) is 26.9 Å². The molecule has 0 aliphatic carbocycles. The first-order valence-electron chi connectivity index (χ1n) is 12.5. The van der Waals surface area contributed by atoms with Crippen LogP contribution in [0.3, 0.4) is 0 Å².